The summed E-state index contributed by atoms with van der Waals surface area (Å²) in [6.45, 7) is 7.16. The van der Waals surface area contributed by atoms with Crippen LogP contribution in [0.25, 0.3) is 0 Å². The Morgan fingerprint density at radius 2 is 2.20 bits per heavy atom. The topological polar surface area (TPSA) is 61.8 Å². The first-order chi connectivity index (χ1) is 9.58. The van der Waals surface area contributed by atoms with Crippen LogP contribution in [0.15, 0.2) is 0 Å². The van der Waals surface area contributed by atoms with Gasteiger partial charge in [0.2, 0.25) is 0 Å². The van der Waals surface area contributed by atoms with Crippen LogP contribution in [0.1, 0.15) is 46.0 Å². The summed E-state index contributed by atoms with van der Waals surface area (Å²) >= 11 is 0. The van der Waals surface area contributed by atoms with E-state index in [2.05, 4.69) is 21.9 Å². The molecule has 1 saturated heterocycles. The first-order valence-electron chi connectivity index (χ1n) is 7.83. The number of carbonyl (C=O) groups is 1. The third kappa shape index (κ3) is 6.09. The smallest absolute Gasteiger partial charge is 0.407 e. The predicted molar refractivity (Wildman–Crippen MR) is 79.7 cm³/mol. The lowest BCUT2D eigenvalue weighted by Gasteiger charge is -2.38. The summed E-state index contributed by atoms with van der Waals surface area (Å²) < 4.78 is 4.69. The van der Waals surface area contributed by atoms with Crippen molar-refractivity contribution in [3.63, 3.8) is 0 Å². The Labute approximate surface area is 122 Å². The number of likely N-dealkylation sites (tertiary alicyclic amines) is 1. The molecular weight excluding hydrogens is 256 g/mol. The van der Waals surface area contributed by atoms with Crippen LogP contribution < -0.4 is 5.32 Å². The van der Waals surface area contributed by atoms with Crippen LogP contribution in [0.3, 0.4) is 0 Å². The van der Waals surface area contributed by atoms with E-state index in [9.17, 15) is 9.90 Å². The van der Waals surface area contributed by atoms with Crippen molar-refractivity contribution in [3.8, 4) is 0 Å². The number of alkyl carbamates (subject to hydrolysis) is 1. The lowest BCUT2D eigenvalue weighted by Crippen LogP contribution is -2.51. The zero-order chi connectivity index (χ0) is 15.0. The van der Waals surface area contributed by atoms with Crippen LogP contribution in [-0.4, -0.2) is 55.0 Å². The molecule has 2 N–H and O–H groups in total. The van der Waals surface area contributed by atoms with Crippen LogP contribution in [0.4, 0.5) is 4.79 Å². The number of rotatable bonds is 7. The molecule has 118 valence electrons. The van der Waals surface area contributed by atoms with Crippen molar-refractivity contribution in [2.24, 2.45) is 5.92 Å². The van der Waals surface area contributed by atoms with Crippen molar-refractivity contribution >= 4 is 6.09 Å². The van der Waals surface area contributed by atoms with Gasteiger partial charge in [-0.05, 0) is 38.1 Å². The Balaban J connectivity index is 2.54. The number of aliphatic hydroxyl groups excluding tert-OH is 1. The van der Waals surface area contributed by atoms with E-state index in [1.807, 2.05) is 6.92 Å². The fourth-order valence-electron chi connectivity index (χ4n) is 2.92. The van der Waals surface area contributed by atoms with Gasteiger partial charge in [0.15, 0.2) is 0 Å². The molecule has 0 saturated carbocycles. The summed E-state index contributed by atoms with van der Waals surface area (Å²) in [4.78, 5) is 13.8. The fourth-order valence-corrected chi connectivity index (χ4v) is 2.92. The van der Waals surface area contributed by atoms with Gasteiger partial charge in [-0.15, -0.1) is 0 Å². The van der Waals surface area contributed by atoms with Gasteiger partial charge < -0.3 is 20.1 Å². The lowest BCUT2D eigenvalue weighted by molar-refractivity contribution is 0.0810. The van der Waals surface area contributed by atoms with Crippen LogP contribution in [0.5, 0.6) is 0 Å². The highest BCUT2D eigenvalue weighted by atomic mass is 16.5. The van der Waals surface area contributed by atoms with Gasteiger partial charge in [0.05, 0.1) is 13.2 Å². The largest absolute Gasteiger partial charge is 0.453 e. The number of nitrogens with zero attached hydrogens (tertiary/aromatic N) is 1. The van der Waals surface area contributed by atoms with Gasteiger partial charge in [-0.3, -0.25) is 0 Å². The standard InChI is InChI=1S/C15H30N2O3/c1-4-6-7-17-10-12(9-14(18)5-2)8-13(11-17)16-15(19)20-3/h12-14,18H,4-11H2,1-3H3,(H,16,19). The van der Waals surface area contributed by atoms with Gasteiger partial charge in [0, 0.05) is 19.1 Å². The van der Waals surface area contributed by atoms with Gasteiger partial charge >= 0.3 is 6.09 Å². The lowest BCUT2D eigenvalue weighted by atomic mass is 9.89. The van der Waals surface area contributed by atoms with Crippen LogP contribution in [0, 0.1) is 5.92 Å². The Morgan fingerprint density at radius 1 is 1.45 bits per heavy atom. The molecule has 0 aromatic heterocycles. The molecule has 1 heterocycles. The molecule has 5 heteroatoms. The van der Waals surface area contributed by atoms with E-state index >= 15 is 0 Å². The number of unbranched alkanes of at least 4 members (excludes halogenated alkanes) is 1. The van der Waals surface area contributed by atoms with E-state index in [1.165, 1.54) is 20.0 Å². The van der Waals surface area contributed by atoms with Crippen molar-refractivity contribution in [1.82, 2.24) is 10.2 Å². The molecule has 1 amide bonds. The number of amides is 1. The summed E-state index contributed by atoms with van der Waals surface area (Å²) in [5.74, 6) is 0.442. The SMILES string of the molecule is CCCCN1CC(CC(O)CC)CC(NC(=O)OC)C1. The van der Waals surface area contributed by atoms with Gasteiger partial charge in [-0.1, -0.05) is 20.3 Å². The molecular formula is C15H30N2O3. The number of methoxy groups -OCH3 is 1. The number of hydrogen-bond acceptors (Lipinski definition) is 4. The third-order valence-corrected chi connectivity index (χ3v) is 4.02. The van der Waals surface area contributed by atoms with E-state index in [1.54, 1.807) is 0 Å². The highest BCUT2D eigenvalue weighted by Gasteiger charge is 2.29. The van der Waals surface area contributed by atoms with E-state index in [-0.39, 0.29) is 18.2 Å². The highest BCUT2D eigenvalue weighted by molar-refractivity contribution is 5.67. The number of carbonyl (C=O) groups excluding carboxylic acids is 1. The minimum absolute atomic E-state index is 0.127. The Bertz CT molecular complexity index is 286. The zero-order valence-electron chi connectivity index (χ0n) is 13.1. The molecule has 0 spiro atoms. The van der Waals surface area contributed by atoms with Crippen molar-refractivity contribution < 1.29 is 14.6 Å². The van der Waals surface area contributed by atoms with Gasteiger partial charge in [0.25, 0.3) is 0 Å². The number of nitrogens with one attached hydrogen (secondary N) is 1. The summed E-state index contributed by atoms with van der Waals surface area (Å²) in [5, 5.41) is 12.8. The molecule has 0 aromatic rings. The molecule has 1 fully saturated rings. The summed E-state index contributed by atoms with van der Waals surface area (Å²) in [6, 6.07) is 0.127. The number of piperidine rings is 1. The summed E-state index contributed by atoms with van der Waals surface area (Å²) in [5.41, 5.74) is 0. The van der Waals surface area contributed by atoms with Gasteiger partial charge in [-0.2, -0.15) is 0 Å². The second kappa shape index (κ2) is 9.19. The number of hydrogen-bond donors (Lipinski definition) is 2. The van der Waals surface area contributed by atoms with Gasteiger partial charge in [0.1, 0.15) is 0 Å². The Kier molecular flexibility index (Phi) is 7.92. The molecule has 1 rings (SSSR count). The van der Waals surface area contributed by atoms with E-state index < -0.39 is 0 Å². The van der Waals surface area contributed by atoms with Crippen LogP contribution >= 0.6 is 0 Å². The zero-order valence-corrected chi connectivity index (χ0v) is 13.1. The molecule has 0 radical (unpaired) electrons. The second-order valence-electron chi connectivity index (χ2n) is 5.85. The summed E-state index contributed by atoms with van der Waals surface area (Å²) in [6.07, 6.45) is 4.29. The maximum Gasteiger partial charge on any atom is 0.407 e. The quantitative estimate of drug-likeness (QED) is 0.751. The predicted octanol–water partition coefficient (Wildman–Crippen LogP) is 1.99. The van der Waals surface area contributed by atoms with E-state index in [0.29, 0.717) is 5.92 Å². The molecule has 1 aliphatic heterocycles. The van der Waals surface area contributed by atoms with E-state index in [4.69, 9.17) is 0 Å². The minimum Gasteiger partial charge on any atom is -0.453 e. The number of aliphatic hydroxyl groups is 1. The van der Waals surface area contributed by atoms with Crippen molar-refractivity contribution in [2.45, 2.75) is 58.1 Å². The first-order valence-corrected chi connectivity index (χ1v) is 7.83. The minimum atomic E-state index is -0.359. The second-order valence-corrected chi connectivity index (χ2v) is 5.85. The first kappa shape index (κ1) is 17.2. The molecule has 1 aliphatic rings. The monoisotopic (exact) mass is 286 g/mol. The molecule has 3 atom stereocenters. The fraction of sp³-hybridized carbons (Fsp3) is 0.933. The Morgan fingerprint density at radius 3 is 2.80 bits per heavy atom. The number of ether oxygens (including phenoxy) is 1. The van der Waals surface area contributed by atoms with Crippen LogP contribution in [-0.2, 0) is 4.74 Å². The third-order valence-electron chi connectivity index (χ3n) is 4.02. The normalized spacial score (nSPS) is 25.2. The van der Waals surface area contributed by atoms with Gasteiger partial charge in [-0.25, -0.2) is 4.79 Å². The highest BCUT2D eigenvalue weighted by Crippen LogP contribution is 2.23. The van der Waals surface area contributed by atoms with E-state index in [0.717, 1.165) is 38.9 Å². The van der Waals surface area contributed by atoms with Crippen LogP contribution in [0.2, 0.25) is 0 Å². The van der Waals surface area contributed by atoms with Crippen molar-refractivity contribution in [3.05, 3.63) is 0 Å². The summed E-state index contributed by atoms with van der Waals surface area (Å²) in [7, 11) is 1.39. The maximum atomic E-state index is 11.4. The molecule has 0 bridgehead atoms. The van der Waals surface area contributed by atoms with Crippen molar-refractivity contribution in [1.29, 1.82) is 0 Å². The average molecular weight is 286 g/mol. The average Bonchev–Trinajstić information content (AvgIpc) is 2.44. The molecule has 20 heavy (non-hydrogen) atoms. The Hall–Kier alpha value is -0.810. The maximum absolute atomic E-state index is 11.4. The molecule has 0 aliphatic carbocycles. The molecule has 5 nitrogen and oxygen atoms in total. The van der Waals surface area contributed by atoms with Crippen molar-refractivity contribution in [2.75, 3.05) is 26.7 Å². The molecule has 0 aromatic carbocycles. The molecule has 3 unspecified atom stereocenters.